The molecule has 3 aromatic rings. The molecule has 53 heavy (non-hydrogen) atoms. The summed E-state index contributed by atoms with van der Waals surface area (Å²) in [6.07, 6.45) is 10.2. The van der Waals surface area contributed by atoms with Crippen molar-refractivity contribution in [2.45, 2.75) is 106 Å². The molecule has 7 rings (SSSR count). The molecule has 2 heterocycles. The molecule has 2 saturated carbocycles. The molecule has 0 aromatic heterocycles. The second-order valence-corrected chi connectivity index (χ2v) is 17.5. The van der Waals surface area contributed by atoms with Crippen LogP contribution in [-0.4, -0.2) is 70.9 Å². The molecule has 11 nitrogen and oxygen atoms in total. The summed E-state index contributed by atoms with van der Waals surface area (Å²) in [6, 6.07) is 18.6. The van der Waals surface area contributed by atoms with Crippen molar-refractivity contribution in [1.82, 2.24) is 15.5 Å². The maximum absolute atomic E-state index is 14.6. The molecule has 1 saturated heterocycles. The van der Waals surface area contributed by atoms with Gasteiger partial charge in [-0.25, -0.2) is 4.79 Å². The van der Waals surface area contributed by atoms with Crippen LogP contribution in [0.3, 0.4) is 0 Å². The normalized spacial score (nSPS) is 28.4. The van der Waals surface area contributed by atoms with Crippen molar-refractivity contribution in [1.29, 1.82) is 0 Å². The van der Waals surface area contributed by atoms with Crippen LogP contribution in [0.25, 0.3) is 10.8 Å². The number of hydrogen-bond acceptors (Lipinski definition) is 7. The minimum atomic E-state index is -4.00. The van der Waals surface area contributed by atoms with Gasteiger partial charge >= 0.3 is 6.09 Å². The fourth-order valence-corrected chi connectivity index (χ4v) is 10.6. The molecule has 0 bridgehead atoms. The van der Waals surface area contributed by atoms with Gasteiger partial charge in [-0.3, -0.25) is 14.2 Å². The number of nitrogens with zero attached hydrogens (tertiary/aromatic N) is 1. The van der Waals surface area contributed by atoms with Gasteiger partial charge in [-0.2, -0.15) is 0 Å². The highest BCUT2D eigenvalue weighted by atomic mass is 31.2. The third-order valence-corrected chi connectivity index (χ3v) is 13.9. The Morgan fingerprint density at radius 2 is 1.77 bits per heavy atom. The number of nitrogens with one attached hydrogen (secondary N) is 2. The minimum Gasteiger partial charge on any atom is -0.497 e. The summed E-state index contributed by atoms with van der Waals surface area (Å²) in [4.78, 5) is 55.4. The SMILES string of the molecule is COc1ccc2c(O[C@@H]3C[C@H]4C(=O)N[C@]5(P(=O)(O)Cc6ccccc6)C[C@H]5/C=C\CCCCC[C@H](NC(=O)OC5CCCC5)C(=O)N4C3)cccc2c1. The Hall–Kier alpha value is -4.34. The molecule has 1 unspecified atom stereocenters. The van der Waals surface area contributed by atoms with Gasteiger partial charge in [-0.05, 0) is 86.6 Å². The second kappa shape index (κ2) is 15.9. The van der Waals surface area contributed by atoms with Gasteiger partial charge < -0.3 is 34.6 Å². The molecule has 282 valence electrons. The molecule has 0 spiro atoms. The van der Waals surface area contributed by atoms with Crippen LogP contribution in [0.2, 0.25) is 0 Å². The van der Waals surface area contributed by atoms with E-state index in [0.29, 0.717) is 36.3 Å². The first kappa shape index (κ1) is 37.0. The summed E-state index contributed by atoms with van der Waals surface area (Å²) in [5.41, 5.74) is 0.713. The zero-order valence-corrected chi connectivity index (χ0v) is 31.2. The van der Waals surface area contributed by atoms with Crippen molar-refractivity contribution < 1.29 is 38.1 Å². The number of benzene rings is 3. The van der Waals surface area contributed by atoms with Gasteiger partial charge in [0, 0.05) is 17.7 Å². The maximum Gasteiger partial charge on any atom is 0.408 e. The number of amides is 3. The average molecular weight is 744 g/mol. The molecule has 3 fully saturated rings. The molecule has 2 aliphatic carbocycles. The molecular formula is C41H50N3O8P. The number of alkyl carbamates (subject to hydrolysis) is 1. The lowest BCUT2D eigenvalue weighted by atomic mass is 10.0. The van der Waals surface area contributed by atoms with Crippen molar-refractivity contribution in [2.75, 3.05) is 13.7 Å². The number of hydrogen-bond donors (Lipinski definition) is 3. The van der Waals surface area contributed by atoms with E-state index in [1.807, 2.05) is 78.9 Å². The first-order valence-electron chi connectivity index (χ1n) is 19.0. The summed E-state index contributed by atoms with van der Waals surface area (Å²) in [5, 5.41) is 6.31. The topological polar surface area (TPSA) is 144 Å². The Labute approximate surface area is 310 Å². The van der Waals surface area contributed by atoms with Crippen LogP contribution in [-0.2, 0) is 25.1 Å². The second-order valence-electron chi connectivity index (χ2n) is 15.0. The molecule has 6 atom stereocenters. The van der Waals surface area contributed by atoms with E-state index in [1.54, 1.807) is 7.11 Å². The number of rotatable bonds is 8. The molecule has 2 aliphatic heterocycles. The number of carbonyl (C=O) groups is 3. The molecule has 12 heteroatoms. The Morgan fingerprint density at radius 3 is 2.57 bits per heavy atom. The van der Waals surface area contributed by atoms with Crippen LogP contribution in [0.1, 0.15) is 76.2 Å². The largest absolute Gasteiger partial charge is 0.497 e. The number of methoxy groups -OCH3 is 1. The van der Waals surface area contributed by atoms with Gasteiger partial charge in [-0.15, -0.1) is 0 Å². The molecule has 3 amide bonds. The van der Waals surface area contributed by atoms with Crippen LogP contribution in [0.15, 0.2) is 78.9 Å². The van der Waals surface area contributed by atoms with Gasteiger partial charge in [0.1, 0.15) is 41.1 Å². The third kappa shape index (κ3) is 8.26. The fourth-order valence-electron chi connectivity index (χ4n) is 8.26. The number of ether oxygens (including phenoxy) is 3. The number of fused-ring (bicyclic) bond motifs is 3. The first-order chi connectivity index (χ1) is 25.7. The predicted molar refractivity (Wildman–Crippen MR) is 202 cm³/mol. The van der Waals surface area contributed by atoms with Gasteiger partial charge in [0.15, 0.2) is 0 Å². The molecule has 3 aromatic carbocycles. The predicted octanol–water partition coefficient (Wildman–Crippen LogP) is 7.06. The molecule has 0 radical (unpaired) electrons. The maximum atomic E-state index is 14.6. The van der Waals surface area contributed by atoms with E-state index in [1.165, 1.54) is 4.90 Å². The average Bonchev–Trinajstić information content (AvgIpc) is 3.42. The van der Waals surface area contributed by atoms with Gasteiger partial charge in [0.2, 0.25) is 19.2 Å². The Bertz CT molecular complexity index is 1880. The lowest BCUT2D eigenvalue weighted by Gasteiger charge is -2.31. The highest BCUT2D eigenvalue weighted by Gasteiger charge is 2.66. The fraction of sp³-hybridized carbons (Fsp3) is 0.488. The van der Waals surface area contributed by atoms with Crippen molar-refractivity contribution >= 4 is 36.0 Å². The van der Waals surface area contributed by atoms with Crippen molar-refractivity contribution in [3.63, 3.8) is 0 Å². The van der Waals surface area contributed by atoms with E-state index in [9.17, 15) is 23.8 Å². The van der Waals surface area contributed by atoms with E-state index < -0.39 is 48.7 Å². The van der Waals surface area contributed by atoms with Crippen molar-refractivity contribution in [2.24, 2.45) is 5.92 Å². The van der Waals surface area contributed by atoms with Gasteiger partial charge in [0.25, 0.3) is 0 Å². The van der Waals surface area contributed by atoms with Gasteiger partial charge in [-0.1, -0.05) is 67.5 Å². The number of carbonyl (C=O) groups excluding carboxylic acids is 3. The quantitative estimate of drug-likeness (QED) is 0.165. The molecule has 4 aliphatic rings. The van der Waals surface area contributed by atoms with Crippen LogP contribution in [0.5, 0.6) is 11.5 Å². The highest BCUT2D eigenvalue weighted by molar-refractivity contribution is 7.59. The van der Waals surface area contributed by atoms with Crippen molar-refractivity contribution in [3.05, 3.63) is 84.4 Å². The number of allylic oxidation sites excluding steroid dienone is 1. The van der Waals surface area contributed by atoms with Crippen LogP contribution < -0.4 is 20.1 Å². The van der Waals surface area contributed by atoms with Crippen LogP contribution in [0, 0.1) is 5.92 Å². The zero-order chi connectivity index (χ0) is 37.0. The Morgan fingerprint density at radius 1 is 0.981 bits per heavy atom. The van der Waals surface area contributed by atoms with E-state index in [4.69, 9.17) is 14.2 Å². The van der Waals surface area contributed by atoms with Crippen molar-refractivity contribution in [3.8, 4) is 11.5 Å². The lowest BCUT2D eigenvalue weighted by molar-refractivity contribution is -0.140. The Kier molecular flexibility index (Phi) is 11.1. The van der Waals surface area contributed by atoms with E-state index >= 15 is 0 Å². The first-order valence-corrected chi connectivity index (χ1v) is 20.9. The van der Waals surface area contributed by atoms with E-state index in [0.717, 1.165) is 55.7 Å². The summed E-state index contributed by atoms with van der Waals surface area (Å²) in [7, 11) is -2.39. The Balaban J connectivity index is 1.19. The standard InChI is InChI=1S/C41H50N3O8P/c1-50-32-21-22-34-29(23-32)15-12-20-37(34)51-33-24-36-38(45)43-41(53(48,49)27-28-13-6-5-7-14-28)25-30(41)16-8-3-2-4-9-19-35(39(46)44(36)26-33)42-40(47)52-31-17-10-11-18-31/h5-8,12-16,20-23,30-31,33,35-36H,2-4,9-11,17-19,24-27H2,1H3,(H,42,47)(H,43,45)(H,48,49)/b16-8-/t30-,33-,35+,36+,41+/m1/s1. The summed E-state index contributed by atoms with van der Waals surface area (Å²) in [6.45, 7) is 0.0937. The highest BCUT2D eigenvalue weighted by Crippen LogP contribution is 2.71. The van der Waals surface area contributed by atoms with Gasteiger partial charge in [0.05, 0.1) is 19.8 Å². The summed E-state index contributed by atoms with van der Waals surface area (Å²) in [5.74, 6) is 0.0956. The van der Waals surface area contributed by atoms with Crippen LogP contribution in [0.4, 0.5) is 4.79 Å². The summed E-state index contributed by atoms with van der Waals surface area (Å²) >= 11 is 0. The third-order valence-electron chi connectivity index (χ3n) is 11.3. The summed E-state index contributed by atoms with van der Waals surface area (Å²) < 4.78 is 32.0. The lowest BCUT2D eigenvalue weighted by Crippen LogP contribution is -2.55. The minimum absolute atomic E-state index is 0.0848. The molecular weight excluding hydrogens is 693 g/mol. The van der Waals surface area contributed by atoms with E-state index in [2.05, 4.69) is 10.6 Å². The molecule has 3 N–H and O–H groups in total. The monoisotopic (exact) mass is 743 g/mol. The van der Waals surface area contributed by atoms with E-state index in [-0.39, 0.29) is 31.1 Å². The van der Waals surface area contributed by atoms with Crippen LogP contribution >= 0.6 is 7.37 Å². The smallest absolute Gasteiger partial charge is 0.408 e. The zero-order valence-electron chi connectivity index (χ0n) is 30.3.